The Morgan fingerprint density at radius 3 is 2.31 bits per heavy atom. The first-order valence-corrected chi connectivity index (χ1v) is 14.7. The summed E-state index contributed by atoms with van der Waals surface area (Å²) in [6.45, 7) is 7.71. The number of fused-ring (bicyclic) bond motifs is 1. The van der Waals surface area contributed by atoms with Gasteiger partial charge in [0, 0.05) is 0 Å². The van der Waals surface area contributed by atoms with E-state index in [4.69, 9.17) is 26.3 Å². The maximum atomic E-state index is 6.58. The number of nitrogens with zero attached hydrogens (tertiary/aromatic N) is 4. The van der Waals surface area contributed by atoms with Crippen LogP contribution in [0.4, 0.5) is 0 Å². The van der Waals surface area contributed by atoms with E-state index in [0.717, 1.165) is 28.9 Å². The van der Waals surface area contributed by atoms with Crippen molar-refractivity contribution in [2.24, 2.45) is 0 Å². The van der Waals surface area contributed by atoms with Gasteiger partial charge in [-0.05, 0) is 0 Å². The third kappa shape index (κ3) is 5.85. The third-order valence-electron chi connectivity index (χ3n) is 6.00. The minimum absolute atomic E-state index is 0.0363. The van der Waals surface area contributed by atoms with E-state index in [1.54, 1.807) is 0 Å². The molecule has 1 unspecified atom stereocenters. The summed E-state index contributed by atoms with van der Waals surface area (Å²) in [7, 11) is 0. The van der Waals surface area contributed by atoms with Crippen molar-refractivity contribution in [1.29, 1.82) is 0 Å². The molecule has 7 heteroatoms. The minimum atomic E-state index is -1.03. The molecule has 160 valence electrons. The molecule has 3 heterocycles. The SMILES string of the molecule is CCCC[C](CCCC)(CCCC)[Sn][c]1nc(Cl)c2ncn(C3CCCO3)c2n1. The molecule has 0 aliphatic carbocycles. The summed E-state index contributed by atoms with van der Waals surface area (Å²) >= 11 is 5.55. The number of unbranched alkanes of at least 4 members (excludes halogenated alkanes) is 3. The van der Waals surface area contributed by atoms with Crippen LogP contribution in [0.1, 0.15) is 97.6 Å². The fourth-order valence-electron chi connectivity index (χ4n) is 4.27. The molecule has 2 aromatic rings. The van der Waals surface area contributed by atoms with E-state index >= 15 is 0 Å². The van der Waals surface area contributed by atoms with E-state index in [2.05, 4.69) is 30.3 Å². The molecule has 5 nitrogen and oxygen atoms in total. The van der Waals surface area contributed by atoms with E-state index in [1.807, 2.05) is 6.33 Å². The predicted molar refractivity (Wildman–Crippen MR) is 121 cm³/mol. The molecule has 2 aromatic heterocycles. The van der Waals surface area contributed by atoms with Gasteiger partial charge in [-0.3, -0.25) is 0 Å². The van der Waals surface area contributed by atoms with Gasteiger partial charge in [-0.25, -0.2) is 0 Å². The van der Waals surface area contributed by atoms with Crippen LogP contribution >= 0.6 is 11.6 Å². The van der Waals surface area contributed by atoms with Gasteiger partial charge < -0.3 is 0 Å². The van der Waals surface area contributed by atoms with Gasteiger partial charge in [0.2, 0.25) is 0 Å². The molecule has 1 fully saturated rings. The second-order valence-electron chi connectivity index (χ2n) is 8.35. The summed E-state index contributed by atoms with van der Waals surface area (Å²) in [5, 5.41) is 0.512. The number of imidazole rings is 1. The molecule has 0 saturated carbocycles. The van der Waals surface area contributed by atoms with Crippen LogP contribution in [-0.2, 0) is 4.74 Å². The van der Waals surface area contributed by atoms with Gasteiger partial charge in [0.05, 0.1) is 0 Å². The monoisotopic (exact) mass is 526 g/mol. The number of aromatic nitrogens is 4. The first kappa shape index (κ1) is 23.3. The topological polar surface area (TPSA) is 52.8 Å². The van der Waals surface area contributed by atoms with Gasteiger partial charge in [-0.2, -0.15) is 0 Å². The normalized spacial score (nSPS) is 17.4. The van der Waals surface area contributed by atoms with Crippen LogP contribution in [0.3, 0.4) is 0 Å². The third-order valence-corrected chi connectivity index (χ3v) is 11.2. The molecule has 3 rings (SSSR count). The van der Waals surface area contributed by atoms with Crippen LogP contribution in [0.15, 0.2) is 6.33 Å². The fourth-order valence-corrected chi connectivity index (χ4v) is 9.57. The van der Waals surface area contributed by atoms with E-state index in [1.165, 1.54) is 57.8 Å². The van der Waals surface area contributed by atoms with Crippen LogP contribution in [0.25, 0.3) is 11.2 Å². The van der Waals surface area contributed by atoms with Gasteiger partial charge in [0.25, 0.3) is 0 Å². The molecule has 0 N–H and O–H groups in total. The van der Waals surface area contributed by atoms with E-state index in [0.29, 0.717) is 14.1 Å². The Morgan fingerprint density at radius 2 is 1.76 bits per heavy atom. The van der Waals surface area contributed by atoms with Crippen LogP contribution in [0, 0.1) is 0 Å². The molecule has 1 atom stereocenters. The van der Waals surface area contributed by atoms with Crippen molar-refractivity contribution in [3.8, 4) is 0 Å². The molecule has 2 radical (unpaired) electrons. The van der Waals surface area contributed by atoms with Crippen LogP contribution < -0.4 is 3.84 Å². The zero-order chi connectivity index (χ0) is 20.7. The van der Waals surface area contributed by atoms with Gasteiger partial charge in [0.15, 0.2) is 0 Å². The average Bonchev–Trinajstić information content (AvgIpc) is 3.38. The number of hydrogen-bond donors (Lipinski definition) is 0. The summed E-state index contributed by atoms with van der Waals surface area (Å²) in [5.41, 5.74) is 1.58. The Balaban J connectivity index is 1.93. The molecule has 29 heavy (non-hydrogen) atoms. The van der Waals surface area contributed by atoms with E-state index in [9.17, 15) is 0 Å². The summed E-state index contributed by atoms with van der Waals surface area (Å²) in [5.74, 6) is 0. The molecule has 0 aromatic carbocycles. The molecule has 1 aliphatic rings. The van der Waals surface area contributed by atoms with Crippen molar-refractivity contribution in [2.45, 2.75) is 101 Å². The summed E-state index contributed by atoms with van der Waals surface area (Å²) < 4.78 is 9.43. The summed E-state index contributed by atoms with van der Waals surface area (Å²) in [4.78, 5) is 14.3. The van der Waals surface area contributed by atoms with Crippen molar-refractivity contribution < 1.29 is 4.74 Å². The molecular weight excluding hydrogens is 490 g/mol. The molecule has 0 amide bonds. The zero-order valence-corrected chi connectivity index (χ0v) is 21.8. The van der Waals surface area contributed by atoms with Crippen LogP contribution in [-0.4, -0.2) is 47.3 Å². The number of ether oxygens (including phenoxy) is 1. The Bertz CT molecular complexity index is 754. The van der Waals surface area contributed by atoms with Crippen molar-refractivity contribution in [3.05, 3.63) is 11.5 Å². The Kier molecular flexibility index (Phi) is 9.05. The van der Waals surface area contributed by atoms with Crippen molar-refractivity contribution in [2.75, 3.05) is 6.61 Å². The molecular formula is C22H35ClN4OSn. The number of hydrogen-bond acceptors (Lipinski definition) is 4. The molecule has 0 bridgehead atoms. The summed E-state index contributed by atoms with van der Waals surface area (Å²) in [6, 6.07) is 0. The maximum absolute atomic E-state index is 6.58. The second kappa shape index (κ2) is 11.3. The molecule has 1 saturated heterocycles. The van der Waals surface area contributed by atoms with Gasteiger partial charge in [-0.1, -0.05) is 0 Å². The number of halogens is 1. The predicted octanol–water partition coefficient (Wildman–Crippen LogP) is 5.85. The molecule has 1 aliphatic heterocycles. The fraction of sp³-hybridized carbons (Fsp3) is 0.773. The van der Waals surface area contributed by atoms with Crippen molar-refractivity contribution >= 4 is 47.7 Å². The van der Waals surface area contributed by atoms with Crippen molar-refractivity contribution in [3.63, 3.8) is 0 Å². The first-order chi connectivity index (χ1) is 14.1. The average molecular weight is 526 g/mol. The van der Waals surface area contributed by atoms with E-state index < -0.39 is 21.1 Å². The van der Waals surface area contributed by atoms with Gasteiger partial charge in [0.1, 0.15) is 0 Å². The number of rotatable bonds is 12. The van der Waals surface area contributed by atoms with Gasteiger partial charge in [-0.15, -0.1) is 0 Å². The van der Waals surface area contributed by atoms with Crippen molar-refractivity contribution in [1.82, 2.24) is 19.5 Å². The quantitative estimate of drug-likeness (QED) is 0.258. The zero-order valence-electron chi connectivity index (χ0n) is 18.2. The van der Waals surface area contributed by atoms with Gasteiger partial charge >= 0.3 is 191 Å². The standard InChI is InChI=1S/C13H27.C9H8ClN4O.Sn/c1-4-7-10-13(11-8-5-2)12-9-6-3;10-8-7-9(12-4-11-8)14(5-13-7)6-2-1-3-15-6;/h4-12H2,1-3H3;5-6H,1-3H2;. The second-order valence-corrected chi connectivity index (χ2v) is 13.7. The Labute approximate surface area is 190 Å². The van der Waals surface area contributed by atoms with E-state index in [-0.39, 0.29) is 6.23 Å². The Morgan fingerprint density at radius 1 is 1.10 bits per heavy atom. The van der Waals surface area contributed by atoms with Crippen LogP contribution in [0.5, 0.6) is 0 Å². The summed E-state index contributed by atoms with van der Waals surface area (Å²) in [6.07, 6.45) is 15.6. The first-order valence-electron chi connectivity index (χ1n) is 11.4. The molecule has 0 spiro atoms. The van der Waals surface area contributed by atoms with Crippen LogP contribution in [0.2, 0.25) is 8.58 Å². The Hall–Kier alpha value is -0.401.